The molecule has 18 heavy (non-hydrogen) atoms. The third kappa shape index (κ3) is 2.21. The van der Waals surface area contributed by atoms with Crippen molar-refractivity contribution in [2.75, 3.05) is 0 Å². The third-order valence-corrected chi connectivity index (χ3v) is 3.48. The van der Waals surface area contributed by atoms with Crippen molar-refractivity contribution in [3.8, 4) is 0 Å². The van der Waals surface area contributed by atoms with Crippen molar-refractivity contribution in [3.05, 3.63) is 69.8 Å². The standard InChI is InChI=1S/C17H18O/c1-11-8-9-15(10-14(11)4)17(18)16-12(2)6-5-7-13(16)3/h5-10H,1-4H3. The van der Waals surface area contributed by atoms with Crippen LogP contribution in [0, 0.1) is 27.7 Å². The van der Waals surface area contributed by atoms with E-state index in [1.807, 2.05) is 57.2 Å². The molecular formula is C17H18O. The first-order valence-electron chi connectivity index (χ1n) is 6.19. The maximum atomic E-state index is 12.6. The molecular weight excluding hydrogens is 220 g/mol. The first kappa shape index (κ1) is 12.6. The molecule has 0 heterocycles. The van der Waals surface area contributed by atoms with Gasteiger partial charge in [0.05, 0.1) is 0 Å². The second-order valence-corrected chi connectivity index (χ2v) is 4.89. The van der Waals surface area contributed by atoms with Gasteiger partial charge in [0.2, 0.25) is 0 Å². The van der Waals surface area contributed by atoms with Crippen molar-refractivity contribution in [2.45, 2.75) is 27.7 Å². The Hall–Kier alpha value is -1.89. The maximum absolute atomic E-state index is 12.6. The van der Waals surface area contributed by atoms with E-state index >= 15 is 0 Å². The summed E-state index contributed by atoms with van der Waals surface area (Å²) in [5.41, 5.74) is 6.06. The van der Waals surface area contributed by atoms with E-state index in [1.54, 1.807) is 0 Å². The van der Waals surface area contributed by atoms with Crippen LogP contribution in [-0.4, -0.2) is 5.78 Å². The highest BCUT2D eigenvalue weighted by Crippen LogP contribution is 2.19. The Bertz CT molecular complexity index is 589. The second-order valence-electron chi connectivity index (χ2n) is 4.89. The van der Waals surface area contributed by atoms with Crippen LogP contribution in [0.2, 0.25) is 0 Å². The summed E-state index contributed by atoms with van der Waals surface area (Å²) in [5.74, 6) is 0.119. The minimum Gasteiger partial charge on any atom is -0.289 e. The monoisotopic (exact) mass is 238 g/mol. The molecule has 0 atom stereocenters. The zero-order chi connectivity index (χ0) is 13.3. The summed E-state index contributed by atoms with van der Waals surface area (Å²) < 4.78 is 0. The maximum Gasteiger partial charge on any atom is 0.193 e. The van der Waals surface area contributed by atoms with Crippen molar-refractivity contribution in [2.24, 2.45) is 0 Å². The number of aryl methyl sites for hydroxylation is 4. The lowest BCUT2D eigenvalue weighted by molar-refractivity contribution is 0.103. The van der Waals surface area contributed by atoms with E-state index < -0.39 is 0 Å². The summed E-state index contributed by atoms with van der Waals surface area (Å²) >= 11 is 0. The first-order chi connectivity index (χ1) is 8.50. The summed E-state index contributed by atoms with van der Waals surface area (Å²) in [5, 5.41) is 0. The highest BCUT2D eigenvalue weighted by molar-refractivity contribution is 6.10. The topological polar surface area (TPSA) is 17.1 Å². The summed E-state index contributed by atoms with van der Waals surface area (Å²) in [4.78, 5) is 12.6. The van der Waals surface area contributed by atoms with Crippen LogP contribution in [0.1, 0.15) is 38.2 Å². The molecule has 2 aromatic rings. The van der Waals surface area contributed by atoms with Crippen LogP contribution in [0.3, 0.4) is 0 Å². The average molecular weight is 238 g/mol. The molecule has 0 unspecified atom stereocenters. The normalized spacial score (nSPS) is 10.4. The Morgan fingerprint density at radius 2 is 1.39 bits per heavy atom. The number of hydrogen-bond donors (Lipinski definition) is 0. The minimum absolute atomic E-state index is 0.119. The van der Waals surface area contributed by atoms with Gasteiger partial charge in [-0.15, -0.1) is 0 Å². The van der Waals surface area contributed by atoms with Crippen LogP contribution in [0.15, 0.2) is 36.4 Å². The fraction of sp³-hybridized carbons (Fsp3) is 0.235. The molecule has 1 heteroatoms. The van der Waals surface area contributed by atoms with Gasteiger partial charge < -0.3 is 0 Å². The molecule has 1 nitrogen and oxygen atoms in total. The molecule has 0 aromatic heterocycles. The Labute approximate surface area is 108 Å². The summed E-state index contributed by atoms with van der Waals surface area (Å²) in [6, 6.07) is 11.9. The van der Waals surface area contributed by atoms with E-state index in [9.17, 15) is 4.79 Å². The lowest BCUT2D eigenvalue weighted by Crippen LogP contribution is -2.06. The molecule has 0 saturated carbocycles. The predicted molar refractivity (Wildman–Crippen MR) is 75.3 cm³/mol. The van der Waals surface area contributed by atoms with Gasteiger partial charge in [-0.3, -0.25) is 4.79 Å². The van der Waals surface area contributed by atoms with Gasteiger partial charge in [-0.2, -0.15) is 0 Å². The van der Waals surface area contributed by atoms with Gasteiger partial charge in [-0.25, -0.2) is 0 Å². The molecule has 2 aromatic carbocycles. The lowest BCUT2D eigenvalue weighted by atomic mass is 9.93. The van der Waals surface area contributed by atoms with Gasteiger partial charge in [-0.05, 0) is 56.0 Å². The fourth-order valence-electron chi connectivity index (χ4n) is 2.20. The Balaban J connectivity index is 2.51. The smallest absolute Gasteiger partial charge is 0.193 e. The van der Waals surface area contributed by atoms with Gasteiger partial charge >= 0.3 is 0 Å². The quantitative estimate of drug-likeness (QED) is 0.718. The summed E-state index contributed by atoms with van der Waals surface area (Å²) in [6.07, 6.45) is 0. The molecule has 0 amide bonds. The zero-order valence-corrected chi connectivity index (χ0v) is 11.4. The molecule has 0 N–H and O–H groups in total. The molecule has 0 aliphatic heterocycles. The van der Waals surface area contributed by atoms with Gasteiger partial charge in [0, 0.05) is 11.1 Å². The molecule has 0 bridgehead atoms. The highest BCUT2D eigenvalue weighted by atomic mass is 16.1. The largest absolute Gasteiger partial charge is 0.289 e. The highest BCUT2D eigenvalue weighted by Gasteiger charge is 2.14. The Morgan fingerprint density at radius 1 is 0.778 bits per heavy atom. The number of carbonyl (C=O) groups is 1. The number of hydrogen-bond acceptors (Lipinski definition) is 1. The van der Waals surface area contributed by atoms with Crippen LogP contribution < -0.4 is 0 Å². The number of ketones is 1. The van der Waals surface area contributed by atoms with E-state index in [0.29, 0.717) is 0 Å². The number of rotatable bonds is 2. The molecule has 0 saturated heterocycles. The Kier molecular flexibility index (Phi) is 3.33. The van der Waals surface area contributed by atoms with Gasteiger partial charge in [0.25, 0.3) is 0 Å². The second kappa shape index (κ2) is 4.77. The Morgan fingerprint density at radius 3 is 1.94 bits per heavy atom. The molecule has 2 rings (SSSR count). The fourth-order valence-corrected chi connectivity index (χ4v) is 2.20. The number of carbonyl (C=O) groups excluding carboxylic acids is 1. The van der Waals surface area contributed by atoms with Crippen molar-refractivity contribution in [1.29, 1.82) is 0 Å². The van der Waals surface area contributed by atoms with Crippen LogP contribution in [0.4, 0.5) is 0 Å². The molecule has 0 fully saturated rings. The van der Waals surface area contributed by atoms with E-state index in [-0.39, 0.29) is 5.78 Å². The third-order valence-electron chi connectivity index (χ3n) is 3.48. The molecule has 92 valence electrons. The zero-order valence-electron chi connectivity index (χ0n) is 11.4. The van der Waals surface area contributed by atoms with Gasteiger partial charge in [0.15, 0.2) is 5.78 Å². The van der Waals surface area contributed by atoms with Crippen LogP contribution in [0.5, 0.6) is 0 Å². The van der Waals surface area contributed by atoms with Gasteiger partial charge in [-0.1, -0.05) is 30.3 Å². The number of benzene rings is 2. The van der Waals surface area contributed by atoms with Crippen LogP contribution in [0.25, 0.3) is 0 Å². The van der Waals surface area contributed by atoms with E-state index in [4.69, 9.17) is 0 Å². The molecule has 0 aliphatic rings. The minimum atomic E-state index is 0.119. The average Bonchev–Trinajstić information content (AvgIpc) is 2.32. The summed E-state index contributed by atoms with van der Waals surface area (Å²) in [7, 11) is 0. The van der Waals surface area contributed by atoms with Crippen molar-refractivity contribution in [1.82, 2.24) is 0 Å². The van der Waals surface area contributed by atoms with Crippen molar-refractivity contribution < 1.29 is 4.79 Å². The van der Waals surface area contributed by atoms with Crippen molar-refractivity contribution in [3.63, 3.8) is 0 Å². The first-order valence-corrected chi connectivity index (χ1v) is 6.19. The molecule has 0 radical (unpaired) electrons. The predicted octanol–water partition coefficient (Wildman–Crippen LogP) is 4.15. The molecule has 0 aliphatic carbocycles. The van der Waals surface area contributed by atoms with Crippen LogP contribution >= 0.6 is 0 Å². The lowest BCUT2D eigenvalue weighted by Gasteiger charge is -2.10. The summed E-state index contributed by atoms with van der Waals surface area (Å²) in [6.45, 7) is 8.07. The van der Waals surface area contributed by atoms with E-state index in [1.165, 1.54) is 5.56 Å². The molecule has 0 spiro atoms. The SMILES string of the molecule is Cc1ccc(C(=O)c2c(C)cccc2C)cc1C. The van der Waals surface area contributed by atoms with Crippen molar-refractivity contribution >= 4 is 5.78 Å². The van der Waals surface area contributed by atoms with Gasteiger partial charge in [0.1, 0.15) is 0 Å². The van der Waals surface area contributed by atoms with E-state index in [2.05, 4.69) is 6.92 Å². The van der Waals surface area contributed by atoms with Crippen LogP contribution in [-0.2, 0) is 0 Å². The van der Waals surface area contributed by atoms with E-state index in [0.717, 1.165) is 27.8 Å².